The lowest BCUT2D eigenvalue weighted by Crippen LogP contribution is -2.18. The molecule has 1 heterocycles. The van der Waals surface area contributed by atoms with E-state index < -0.39 is 0 Å². The van der Waals surface area contributed by atoms with E-state index in [1.807, 2.05) is 0 Å². The minimum atomic E-state index is 0.258. The summed E-state index contributed by atoms with van der Waals surface area (Å²) in [6.07, 6.45) is 2.16. The van der Waals surface area contributed by atoms with Crippen molar-refractivity contribution in [2.24, 2.45) is 0 Å². The van der Waals surface area contributed by atoms with Gasteiger partial charge in [-0.2, -0.15) is 0 Å². The van der Waals surface area contributed by atoms with Crippen LogP contribution in [0.1, 0.15) is 46.4 Å². The molecule has 12 heavy (non-hydrogen) atoms. The molecule has 68 valence electrons. The van der Waals surface area contributed by atoms with Crippen LogP contribution in [0.4, 0.5) is 0 Å². The zero-order chi connectivity index (χ0) is 9.35. The number of aromatic nitrogens is 1. The summed E-state index contributed by atoms with van der Waals surface area (Å²) in [7, 11) is 0. The van der Waals surface area contributed by atoms with Crippen LogP contribution >= 0.6 is 0 Å². The highest BCUT2D eigenvalue weighted by Crippen LogP contribution is 2.24. The van der Waals surface area contributed by atoms with Gasteiger partial charge in [0.2, 0.25) is 0 Å². The topological polar surface area (TPSA) is 4.93 Å². The molecule has 1 aromatic heterocycles. The molecule has 1 nitrogen and oxygen atoms in total. The van der Waals surface area contributed by atoms with Crippen LogP contribution in [-0.4, -0.2) is 4.57 Å². The van der Waals surface area contributed by atoms with Crippen LogP contribution in [0.5, 0.6) is 0 Å². The van der Waals surface area contributed by atoms with Gasteiger partial charge < -0.3 is 4.57 Å². The van der Waals surface area contributed by atoms with E-state index in [1.54, 1.807) is 0 Å². The largest absolute Gasteiger partial charge is 0.348 e. The maximum atomic E-state index is 2.33. The molecule has 0 atom stereocenters. The lowest BCUT2D eigenvalue weighted by atomic mass is 9.92. The predicted octanol–water partition coefficient (Wildman–Crippen LogP) is 3.37. The summed E-state index contributed by atoms with van der Waals surface area (Å²) >= 11 is 0. The predicted molar refractivity (Wildman–Crippen MR) is 53.5 cm³/mol. The second-order valence-corrected chi connectivity index (χ2v) is 4.64. The minimum Gasteiger partial charge on any atom is -0.348 e. The third-order valence-corrected chi connectivity index (χ3v) is 2.10. The number of nitrogens with zero attached hydrogens (tertiary/aromatic N) is 1. The summed E-state index contributed by atoms with van der Waals surface area (Å²) in [5.41, 5.74) is 1.67. The number of rotatable bonds is 1. The molecule has 0 radical (unpaired) electrons. The van der Waals surface area contributed by atoms with Crippen LogP contribution in [0.15, 0.2) is 18.3 Å². The Morgan fingerprint density at radius 1 is 1.25 bits per heavy atom. The fraction of sp³-hybridized carbons (Fsp3) is 0.636. The molecule has 0 amide bonds. The molecular formula is C11H19N. The summed E-state index contributed by atoms with van der Waals surface area (Å²) in [5, 5.41) is 0. The fourth-order valence-corrected chi connectivity index (χ4v) is 1.48. The summed E-state index contributed by atoms with van der Waals surface area (Å²) in [4.78, 5) is 0. The molecule has 1 heteroatoms. The standard InChI is InChI=1S/C11H19N/c1-9(2)12-8-6-7-10(12)11(3,4)5/h6-9H,1-5H3. The molecule has 0 fully saturated rings. The number of hydrogen-bond acceptors (Lipinski definition) is 0. The van der Waals surface area contributed by atoms with Gasteiger partial charge >= 0.3 is 0 Å². The van der Waals surface area contributed by atoms with Crippen LogP contribution in [0.3, 0.4) is 0 Å². The maximum absolute atomic E-state index is 2.33. The van der Waals surface area contributed by atoms with Crippen molar-refractivity contribution in [2.75, 3.05) is 0 Å². The van der Waals surface area contributed by atoms with E-state index in [9.17, 15) is 0 Å². The molecular weight excluding hydrogens is 146 g/mol. The first-order valence-corrected chi connectivity index (χ1v) is 4.60. The second-order valence-electron chi connectivity index (χ2n) is 4.64. The van der Waals surface area contributed by atoms with Crippen molar-refractivity contribution in [1.29, 1.82) is 0 Å². The highest BCUT2D eigenvalue weighted by atomic mass is 15.0. The molecule has 1 rings (SSSR count). The van der Waals surface area contributed by atoms with Gasteiger partial charge in [-0.1, -0.05) is 20.8 Å². The minimum absolute atomic E-state index is 0.258. The van der Waals surface area contributed by atoms with Crippen LogP contribution in [0.25, 0.3) is 0 Å². The Morgan fingerprint density at radius 2 is 1.83 bits per heavy atom. The van der Waals surface area contributed by atoms with Gasteiger partial charge in [0.25, 0.3) is 0 Å². The summed E-state index contributed by atoms with van der Waals surface area (Å²) in [5.74, 6) is 0. The summed E-state index contributed by atoms with van der Waals surface area (Å²) in [6.45, 7) is 11.2. The summed E-state index contributed by atoms with van der Waals surface area (Å²) in [6, 6.07) is 4.90. The Morgan fingerprint density at radius 3 is 2.17 bits per heavy atom. The van der Waals surface area contributed by atoms with Crippen molar-refractivity contribution in [2.45, 2.75) is 46.1 Å². The fourth-order valence-electron chi connectivity index (χ4n) is 1.48. The lowest BCUT2D eigenvalue weighted by molar-refractivity contribution is 0.485. The molecule has 1 aromatic rings. The molecule has 0 bridgehead atoms. The van der Waals surface area contributed by atoms with Crippen LogP contribution in [-0.2, 0) is 5.41 Å². The van der Waals surface area contributed by atoms with E-state index in [0.29, 0.717) is 6.04 Å². The van der Waals surface area contributed by atoms with Gasteiger partial charge in [0, 0.05) is 23.3 Å². The van der Waals surface area contributed by atoms with E-state index >= 15 is 0 Å². The van der Waals surface area contributed by atoms with Gasteiger partial charge in [0.15, 0.2) is 0 Å². The van der Waals surface area contributed by atoms with E-state index in [1.165, 1.54) is 5.69 Å². The van der Waals surface area contributed by atoms with Crippen LogP contribution in [0, 0.1) is 0 Å². The van der Waals surface area contributed by atoms with Crippen molar-refractivity contribution in [3.05, 3.63) is 24.0 Å². The van der Waals surface area contributed by atoms with Crippen LogP contribution < -0.4 is 0 Å². The van der Waals surface area contributed by atoms with E-state index in [4.69, 9.17) is 0 Å². The quantitative estimate of drug-likeness (QED) is 0.601. The molecule has 0 N–H and O–H groups in total. The van der Waals surface area contributed by atoms with E-state index in [0.717, 1.165) is 0 Å². The molecule has 0 aliphatic heterocycles. The Labute approximate surface area is 75.4 Å². The highest BCUT2D eigenvalue weighted by Gasteiger charge is 2.18. The Bertz CT molecular complexity index is 250. The first kappa shape index (κ1) is 9.37. The second kappa shape index (κ2) is 2.96. The molecule has 0 aromatic carbocycles. The Hall–Kier alpha value is -0.720. The molecule has 0 unspecified atom stereocenters. The smallest absolute Gasteiger partial charge is 0.0277 e. The monoisotopic (exact) mass is 165 g/mol. The molecule has 0 spiro atoms. The maximum Gasteiger partial charge on any atom is 0.0277 e. The zero-order valence-corrected chi connectivity index (χ0v) is 8.76. The van der Waals surface area contributed by atoms with Gasteiger partial charge in [-0.3, -0.25) is 0 Å². The molecule has 0 saturated heterocycles. The third-order valence-electron chi connectivity index (χ3n) is 2.10. The summed E-state index contributed by atoms with van der Waals surface area (Å²) < 4.78 is 2.33. The SMILES string of the molecule is CC(C)n1cccc1C(C)(C)C. The Kier molecular flexibility index (Phi) is 2.31. The third kappa shape index (κ3) is 1.71. The van der Waals surface area contributed by atoms with Crippen molar-refractivity contribution in [3.8, 4) is 0 Å². The van der Waals surface area contributed by atoms with E-state index in [2.05, 4.69) is 57.5 Å². The van der Waals surface area contributed by atoms with Crippen molar-refractivity contribution in [1.82, 2.24) is 4.57 Å². The van der Waals surface area contributed by atoms with Gasteiger partial charge in [0.05, 0.1) is 0 Å². The lowest BCUT2D eigenvalue weighted by Gasteiger charge is -2.23. The normalized spacial score (nSPS) is 12.5. The first-order valence-electron chi connectivity index (χ1n) is 4.60. The van der Waals surface area contributed by atoms with E-state index in [-0.39, 0.29) is 5.41 Å². The first-order chi connectivity index (χ1) is 5.43. The van der Waals surface area contributed by atoms with Crippen molar-refractivity contribution < 1.29 is 0 Å². The van der Waals surface area contributed by atoms with Gasteiger partial charge in [0.1, 0.15) is 0 Å². The molecule has 0 aliphatic carbocycles. The van der Waals surface area contributed by atoms with Crippen molar-refractivity contribution >= 4 is 0 Å². The number of hydrogen-bond donors (Lipinski definition) is 0. The Balaban J connectivity index is 3.08. The molecule has 0 saturated carbocycles. The average molecular weight is 165 g/mol. The average Bonchev–Trinajstić information content (AvgIpc) is 2.30. The highest BCUT2D eigenvalue weighted by molar-refractivity contribution is 5.16. The molecule has 0 aliphatic rings. The van der Waals surface area contributed by atoms with Gasteiger partial charge in [-0.05, 0) is 26.0 Å². The van der Waals surface area contributed by atoms with Gasteiger partial charge in [-0.25, -0.2) is 0 Å². The van der Waals surface area contributed by atoms with Gasteiger partial charge in [-0.15, -0.1) is 0 Å². The zero-order valence-electron chi connectivity index (χ0n) is 8.76. The van der Waals surface area contributed by atoms with Crippen molar-refractivity contribution in [3.63, 3.8) is 0 Å². The van der Waals surface area contributed by atoms with Crippen LogP contribution in [0.2, 0.25) is 0 Å².